The molecule has 0 radical (unpaired) electrons. The lowest BCUT2D eigenvalue weighted by molar-refractivity contribution is -0.133. The molecule has 0 bridgehead atoms. The molecule has 0 heterocycles. The number of hydrogen-bond donors (Lipinski definition) is 1. The van der Waals surface area contributed by atoms with Crippen LogP contribution in [0.3, 0.4) is 0 Å². The Balaban J connectivity index is 1.66. The molecule has 3 rings (SSSR count). The van der Waals surface area contributed by atoms with Gasteiger partial charge in [0.2, 0.25) is 5.91 Å². The Morgan fingerprint density at radius 2 is 1.78 bits per heavy atom. The van der Waals surface area contributed by atoms with Gasteiger partial charge in [-0.2, -0.15) is 0 Å². The third-order valence-electron chi connectivity index (χ3n) is 4.97. The topological polar surface area (TPSA) is 32.3 Å². The lowest BCUT2D eigenvalue weighted by atomic mass is 9.94. The van der Waals surface area contributed by atoms with Gasteiger partial charge in [-0.15, -0.1) is 0 Å². The normalized spacial score (nSPS) is 17.0. The molecule has 0 saturated heterocycles. The van der Waals surface area contributed by atoms with E-state index in [1.807, 2.05) is 37.1 Å². The van der Waals surface area contributed by atoms with Crippen molar-refractivity contribution in [1.82, 2.24) is 4.90 Å². The third kappa shape index (κ3) is 3.66. The summed E-state index contributed by atoms with van der Waals surface area (Å²) in [7, 11) is 1.96. The monoisotopic (exact) mass is 310 g/mol. The summed E-state index contributed by atoms with van der Waals surface area (Å²) in [5, 5.41) is 5.77. The zero-order chi connectivity index (χ0) is 16.2. The number of anilines is 1. The second-order valence-electron chi connectivity index (χ2n) is 6.67. The number of carbonyl (C=O) groups is 1. The Hall–Kier alpha value is -2.03. The molecule has 0 spiro atoms. The molecule has 0 aromatic heterocycles. The highest BCUT2D eigenvalue weighted by Crippen LogP contribution is 2.23. The van der Waals surface area contributed by atoms with Gasteiger partial charge in [-0.1, -0.05) is 49.6 Å². The first-order chi connectivity index (χ1) is 11.1. The van der Waals surface area contributed by atoms with Crippen LogP contribution in [0.1, 0.15) is 39.0 Å². The second kappa shape index (κ2) is 7.03. The average molecular weight is 310 g/mol. The van der Waals surface area contributed by atoms with Crippen LogP contribution in [0.4, 0.5) is 5.69 Å². The van der Waals surface area contributed by atoms with Gasteiger partial charge in [0.25, 0.3) is 0 Å². The highest BCUT2D eigenvalue weighted by atomic mass is 16.2. The predicted octanol–water partition coefficient (Wildman–Crippen LogP) is 4.43. The van der Waals surface area contributed by atoms with Gasteiger partial charge >= 0.3 is 0 Å². The summed E-state index contributed by atoms with van der Waals surface area (Å²) in [6, 6.07) is 14.7. The maximum atomic E-state index is 12.7. The number of hydrogen-bond acceptors (Lipinski definition) is 2. The molecule has 2 aromatic rings. The molecule has 1 aliphatic rings. The van der Waals surface area contributed by atoms with E-state index in [0.29, 0.717) is 6.04 Å². The molecule has 1 atom stereocenters. The molecular formula is C20H26N2O. The van der Waals surface area contributed by atoms with Gasteiger partial charge in [-0.05, 0) is 42.7 Å². The number of nitrogens with zero attached hydrogens (tertiary/aromatic N) is 1. The second-order valence-corrected chi connectivity index (χ2v) is 6.67. The summed E-state index contributed by atoms with van der Waals surface area (Å²) < 4.78 is 0. The summed E-state index contributed by atoms with van der Waals surface area (Å²) in [5.74, 6) is 0.185. The van der Waals surface area contributed by atoms with Crippen molar-refractivity contribution in [1.29, 1.82) is 0 Å². The summed E-state index contributed by atoms with van der Waals surface area (Å²) in [5.41, 5.74) is 1.00. The van der Waals surface area contributed by atoms with Crippen molar-refractivity contribution < 1.29 is 4.79 Å². The SMILES string of the molecule is C[C@H](Nc1ccc2ccccc2c1)C(=O)N(C)C1CCCCC1. The number of fused-ring (bicyclic) bond motifs is 1. The number of nitrogens with one attached hydrogen (secondary N) is 1. The average Bonchev–Trinajstić information content (AvgIpc) is 2.61. The fourth-order valence-corrected chi connectivity index (χ4v) is 3.54. The maximum Gasteiger partial charge on any atom is 0.244 e. The van der Waals surface area contributed by atoms with Crippen LogP contribution in [-0.4, -0.2) is 29.9 Å². The summed E-state index contributed by atoms with van der Waals surface area (Å²) in [6.45, 7) is 1.96. The van der Waals surface area contributed by atoms with Crippen molar-refractivity contribution in [3.8, 4) is 0 Å². The Bertz CT molecular complexity index is 676. The van der Waals surface area contributed by atoms with Gasteiger partial charge in [-0.3, -0.25) is 4.79 Å². The number of benzene rings is 2. The van der Waals surface area contributed by atoms with Crippen LogP contribution in [0.15, 0.2) is 42.5 Å². The van der Waals surface area contributed by atoms with E-state index in [1.54, 1.807) is 0 Å². The largest absolute Gasteiger partial charge is 0.374 e. The minimum absolute atomic E-state index is 0.185. The number of carbonyl (C=O) groups excluding carboxylic acids is 1. The van der Waals surface area contributed by atoms with Crippen LogP contribution in [0.5, 0.6) is 0 Å². The van der Waals surface area contributed by atoms with Crippen molar-refractivity contribution in [3.63, 3.8) is 0 Å². The molecule has 23 heavy (non-hydrogen) atoms. The molecule has 2 aromatic carbocycles. The van der Waals surface area contributed by atoms with Crippen molar-refractivity contribution in [2.75, 3.05) is 12.4 Å². The van der Waals surface area contributed by atoms with Gasteiger partial charge in [0.05, 0.1) is 0 Å². The summed E-state index contributed by atoms with van der Waals surface area (Å²) in [4.78, 5) is 14.6. The Kier molecular flexibility index (Phi) is 4.85. The first kappa shape index (κ1) is 15.9. The Morgan fingerprint density at radius 3 is 2.52 bits per heavy atom. The van der Waals surface area contributed by atoms with Crippen molar-refractivity contribution >= 4 is 22.4 Å². The maximum absolute atomic E-state index is 12.7. The molecular weight excluding hydrogens is 284 g/mol. The lowest BCUT2D eigenvalue weighted by Crippen LogP contribution is -2.45. The van der Waals surface area contributed by atoms with Gasteiger partial charge in [-0.25, -0.2) is 0 Å². The van der Waals surface area contributed by atoms with Crippen molar-refractivity contribution in [2.45, 2.75) is 51.1 Å². The van der Waals surface area contributed by atoms with E-state index in [4.69, 9.17) is 0 Å². The molecule has 122 valence electrons. The van der Waals surface area contributed by atoms with Crippen LogP contribution in [0.2, 0.25) is 0 Å². The fraction of sp³-hybridized carbons (Fsp3) is 0.450. The molecule has 1 fully saturated rings. The quantitative estimate of drug-likeness (QED) is 0.906. The molecule has 3 heteroatoms. The standard InChI is InChI=1S/C20H26N2O/c1-15(20(23)22(2)19-10-4-3-5-11-19)21-18-13-12-16-8-6-7-9-17(16)14-18/h6-9,12-15,19,21H,3-5,10-11H2,1-2H3/t15-/m0/s1. The minimum atomic E-state index is -0.205. The molecule has 1 N–H and O–H groups in total. The van der Waals surface area contributed by atoms with Crippen LogP contribution >= 0.6 is 0 Å². The van der Waals surface area contributed by atoms with Crippen molar-refractivity contribution in [3.05, 3.63) is 42.5 Å². The van der Waals surface area contributed by atoms with Gasteiger partial charge in [0, 0.05) is 18.8 Å². The van der Waals surface area contributed by atoms with E-state index < -0.39 is 0 Å². The highest BCUT2D eigenvalue weighted by molar-refractivity contribution is 5.88. The Labute approximate surface area is 138 Å². The molecule has 0 aliphatic heterocycles. The molecule has 3 nitrogen and oxygen atoms in total. The molecule has 0 unspecified atom stereocenters. The van der Waals surface area contributed by atoms with Crippen molar-refractivity contribution in [2.24, 2.45) is 0 Å². The van der Waals surface area contributed by atoms with Gasteiger partial charge in [0.1, 0.15) is 6.04 Å². The van der Waals surface area contributed by atoms with Crippen LogP contribution in [-0.2, 0) is 4.79 Å². The first-order valence-electron chi connectivity index (χ1n) is 8.67. The van der Waals surface area contributed by atoms with E-state index in [0.717, 1.165) is 18.5 Å². The third-order valence-corrected chi connectivity index (χ3v) is 4.97. The minimum Gasteiger partial charge on any atom is -0.374 e. The zero-order valence-electron chi connectivity index (χ0n) is 14.1. The van der Waals surface area contributed by atoms with E-state index in [1.165, 1.54) is 30.0 Å². The zero-order valence-corrected chi connectivity index (χ0v) is 14.1. The summed E-state index contributed by atoms with van der Waals surface area (Å²) in [6.07, 6.45) is 6.09. The van der Waals surface area contributed by atoms with E-state index >= 15 is 0 Å². The van der Waals surface area contributed by atoms with Gasteiger partial charge in [0.15, 0.2) is 0 Å². The number of amides is 1. The predicted molar refractivity (Wildman–Crippen MR) is 96.7 cm³/mol. The first-order valence-corrected chi connectivity index (χ1v) is 8.67. The van der Waals surface area contributed by atoms with Crippen LogP contribution < -0.4 is 5.32 Å². The molecule has 1 amide bonds. The molecule has 1 aliphatic carbocycles. The number of rotatable bonds is 4. The van der Waals surface area contributed by atoms with Crippen LogP contribution in [0, 0.1) is 0 Å². The lowest BCUT2D eigenvalue weighted by Gasteiger charge is -2.33. The van der Waals surface area contributed by atoms with E-state index in [-0.39, 0.29) is 11.9 Å². The molecule has 1 saturated carbocycles. The smallest absolute Gasteiger partial charge is 0.244 e. The number of likely N-dealkylation sites (N-methyl/N-ethyl adjacent to an activating group) is 1. The van der Waals surface area contributed by atoms with Gasteiger partial charge < -0.3 is 10.2 Å². The van der Waals surface area contributed by atoms with Crippen LogP contribution in [0.25, 0.3) is 10.8 Å². The fourth-order valence-electron chi connectivity index (χ4n) is 3.54. The van der Waals surface area contributed by atoms with E-state index in [2.05, 4.69) is 29.6 Å². The van der Waals surface area contributed by atoms with E-state index in [9.17, 15) is 4.79 Å². The summed E-state index contributed by atoms with van der Waals surface area (Å²) >= 11 is 0. The Morgan fingerprint density at radius 1 is 1.09 bits per heavy atom. The highest BCUT2D eigenvalue weighted by Gasteiger charge is 2.25.